The maximum Gasteiger partial charge on any atom is 0.287 e. The van der Waals surface area contributed by atoms with Gasteiger partial charge < -0.3 is 19.0 Å². The number of hydrogen-bond acceptors (Lipinski definition) is 5. The molecule has 7 heteroatoms. The number of furan rings is 1. The van der Waals surface area contributed by atoms with Gasteiger partial charge in [0.1, 0.15) is 0 Å². The van der Waals surface area contributed by atoms with Gasteiger partial charge >= 0.3 is 0 Å². The summed E-state index contributed by atoms with van der Waals surface area (Å²) in [6, 6.07) is 20.1. The molecule has 1 aromatic carbocycles. The van der Waals surface area contributed by atoms with Gasteiger partial charge in [-0.3, -0.25) is 14.7 Å². The van der Waals surface area contributed by atoms with Crippen LogP contribution in [0, 0.1) is 0 Å². The number of pyridine rings is 1. The first-order valence-electron chi connectivity index (χ1n) is 13.0. The van der Waals surface area contributed by atoms with Gasteiger partial charge in [0.2, 0.25) is 0 Å². The highest BCUT2D eigenvalue weighted by Gasteiger charge is 2.54. The summed E-state index contributed by atoms with van der Waals surface area (Å²) in [7, 11) is 0. The van der Waals surface area contributed by atoms with E-state index in [1.54, 1.807) is 18.3 Å². The molecular weight excluding hydrogens is 464 g/mol. The molecule has 4 aromatic rings. The van der Waals surface area contributed by atoms with Crippen LogP contribution < -0.4 is 5.32 Å². The lowest BCUT2D eigenvalue weighted by atomic mass is 9.71. The van der Waals surface area contributed by atoms with Crippen LogP contribution in [0.4, 0.5) is 0 Å². The number of ether oxygens (including phenoxy) is 1. The van der Waals surface area contributed by atoms with Crippen LogP contribution in [-0.2, 0) is 16.7 Å². The topological polar surface area (TPSA) is 72.5 Å². The summed E-state index contributed by atoms with van der Waals surface area (Å²) < 4.78 is 14.0. The van der Waals surface area contributed by atoms with E-state index in [1.807, 2.05) is 19.2 Å². The van der Waals surface area contributed by atoms with Gasteiger partial charge in [0.15, 0.2) is 5.76 Å². The van der Waals surface area contributed by atoms with E-state index >= 15 is 0 Å². The minimum Gasteiger partial charge on any atom is -0.459 e. The molecule has 0 radical (unpaired) electrons. The van der Waals surface area contributed by atoms with Crippen LogP contribution in [-0.4, -0.2) is 46.2 Å². The zero-order chi connectivity index (χ0) is 25.2. The molecule has 0 saturated carbocycles. The molecule has 1 aliphatic heterocycles. The number of piperidine rings is 1. The number of likely N-dealkylation sites (tertiary alicyclic amines) is 1. The zero-order valence-corrected chi connectivity index (χ0v) is 21.0. The third-order valence-electron chi connectivity index (χ3n) is 7.95. The molecule has 37 heavy (non-hydrogen) atoms. The predicted octanol–water partition coefficient (Wildman–Crippen LogP) is 4.89. The summed E-state index contributed by atoms with van der Waals surface area (Å²) in [6.07, 6.45) is 9.13. The molecule has 2 atom stereocenters. The summed E-state index contributed by atoms with van der Waals surface area (Å²) >= 11 is 0. The van der Waals surface area contributed by atoms with Crippen molar-refractivity contribution in [2.24, 2.45) is 0 Å². The van der Waals surface area contributed by atoms with Gasteiger partial charge in [0.25, 0.3) is 5.91 Å². The molecule has 1 amide bonds. The Morgan fingerprint density at radius 1 is 1.11 bits per heavy atom. The summed E-state index contributed by atoms with van der Waals surface area (Å²) in [5.74, 6) is 0.111. The fraction of sp³-hybridized carbons (Fsp3) is 0.333. The average molecular weight is 497 g/mol. The number of fused-ring (bicyclic) bond motifs is 2. The molecule has 3 aromatic heterocycles. The van der Waals surface area contributed by atoms with E-state index in [0.717, 1.165) is 43.7 Å². The highest BCUT2D eigenvalue weighted by atomic mass is 16.5. The van der Waals surface area contributed by atoms with Crippen molar-refractivity contribution < 1.29 is 13.9 Å². The van der Waals surface area contributed by atoms with Crippen LogP contribution in [0.2, 0.25) is 0 Å². The van der Waals surface area contributed by atoms with Gasteiger partial charge in [-0.05, 0) is 80.4 Å². The van der Waals surface area contributed by atoms with Crippen LogP contribution >= 0.6 is 0 Å². The summed E-state index contributed by atoms with van der Waals surface area (Å²) in [4.78, 5) is 19.8. The van der Waals surface area contributed by atoms with E-state index in [1.165, 1.54) is 17.5 Å². The molecule has 4 heterocycles. The number of aromatic nitrogens is 2. The van der Waals surface area contributed by atoms with Crippen molar-refractivity contribution in [3.05, 3.63) is 108 Å². The van der Waals surface area contributed by atoms with Crippen LogP contribution in [0.15, 0.2) is 89.9 Å². The fourth-order valence-corrected chi connectivity index (χ4v) is 6.25. The number of rotatable bonds is 7. The van der Waals surface area contributed by atoms with Crippen molar-refractivity contribution in [2.75, 3.05) is 19.7 Å². The third kappa shape index (κ3) is 4.28. The molecule has 2 aliphatic rings. The number of carbonyl (C=O) groups is 1. The molecule has 1 N–H and O–H groups in total. The molecule has 7 nitrogen and oxygen atoms in total. The van der Waals surface area contributed by atoms with Crippen LogP contribution in [0.3, 0.4) is 0 Å². The number of benzene rings is 1. The quantitative estimate of drug-likeness (QED) is 0.395. The molecule has 1 fully saturated rings. The second-order valence-electron chi connectivity index (χ2n) is 9.90. The second kappa shape index (κ2) is 10.00. The van der Waals surface area contributed by atoms with E-state index in [-0.39, 0.29) is 23.5 Å². The monoisotopic (exact) mass is 496 g/mol. The van der Waals surface area contributed by atoms with Gasteiger partial charge in [-0.25, -0.2) is 0 Å². The first kappa shape index (κ1) is 23.7. The second-order valence-corrected chi connectivity index (χ2v) is 9.90. The minimum absolute atomic E-state index is 0.129. The Morgan fingerprint density at radius 2 is 1.97 bits per heavy atom. The largest absolute Gasteiger partial charge is 0.459 e. The van der Waals surface area contributed by atoms with Crippen LogP contribution in [0.25, 0.3) is 5.69 Å². The number of nitrogens with one attached hydrogen (secondary N) is 1. The number of nitrogens with zero attached hydrogens (tertiary/aromatic N) is 3. The summed E-state index contributed by atoms with van der Waals surface area (Å²) in [6.45, 7) is 5.40. The van der Waals surface area contributed by atoms with Gasteiger partial charge in [0.05, 0.1) is 30.3 Å². The van der Waals surface area contributed by atoms with Crippen molar-refractivity contribution in [3.8, 4) is 5.69 Å². The number of carbonyl (C=O) groups excluding carboxylic acids is 1. The molecule has 0 bridgehead atoms. The van der Waals surface area contributed by atoms with E-state index in [2.05, 4.69) is 68.4 Å². The smallest absolute Gasteiger partial charge is 0.287 e. The number of hydrogen-bond donors (Lipinski definition) is 1. The highest BCUT2D eigenvalue weighted by molar-refractivity contribution is 5.91. The average Bonchev–Trinajstić information content (AvgIpc) is 3.68. The molecule has 1 saturated heterocycles. The van der Waals surface area contributed by atoms with Gasteiger partial charge in [0, 0.05) is 36.7 Å². The Morgan fingerprint density at radius 3 is 2.73 bits per heavy atom. The zero-order valence-electron chi connectivity index (χ0n) is 21.0. The van der Waals surface area contributed by atoms with E-state index in [4.69, 9.17) is 9.15 Å². The molecule has 6 rings (SSSR count). The van der Waals surface area contributed by atoms with Gasteiger partial charge in [-0.1, -0.05) is 24.3 Å². The van der Waals surface area contributed by atoms with Crippen molar-refractivity contribution in [2.45, 2.75) is 43.9 Å². The lowest BCUT2D eigenvalue weighted by molar-refractivity contribution is -0.0337. The third-order valence-corrected chi connectivity index (χ3v) is 7.95. The van der Waals surface area contributed by atoms with E-state index in [9.17, 15) is 4.79 Å². The van der Waals surface area contributed by atoms with Crippen molar-refractivity contribution in [1.29, 1.82) is 0 Å². The molecule has 0 unspecified atom stereocenters. The summed E-state index contributed by atoms with van der Waals surface area (Å²) in [5.41, 5.74) is 4.64. The molecular formula is C30H32N4O3. The Hall–Kier alpha value is -3.68. The van der Waals surface area contributed by atoms with Crippen LogP contribution in [0.1, 0.15) is 53.2 Å². The first-order valence-corrected chi connectivity index (χ1v) is 13.0. The maximum absolute atomic E-state index is 13.0. The SMILES string of the molecule is CCO[C@H]1[C@H](NC(=O)c2ccco2)c2ccccc2C12CCN(Cc1cccn1-c1cccnc1)CC2. The van der Waals surface area contributed by atoms with E-state index < -0.39 is 0 Å². The molecule has 1 aliphatic carbocycles. The molecule has 1 spiro atoms. The summed E-state index contributed by atoms with van der Waals surface area (Å²) in [5, 5.41) is 3.24. The van der Waals surface area contributed by atoms with Gasteiger partial charge in [-0.2, -0.15) is 0 Å². The standard InChI is InChI=1S/C30H32N4O3/c1-2-36-28-27(32-29(35)26-12-7-19-37-26)24-10-3-4-11-25(24)30(28)13-17-33(18-14-30)21-23-9-6-16-34(23)22-8-5-15-31-20-22/h3-12,15-16,19-20,27-28H,2,13-14,17-18,21H2,1H3,(H,32,35)/t27-,28+/m1/s1. The Bertz CT molecular complexity index is 1340. The maximum atomic E-state index is 13.0. The predicted molar refractivity (Wildman–Crippen MR) is 141 cm³/mol. The normalized spacial score (nSPS) is 20.7. The van der Waals surface area contributed by atoms with Crippen molar-refractivity contribution >= 4 is 5.91 Å². The minimum atomic E-state index is -0.219. The van der Waals surface area contributed by atoms with Gasteiger partial charge in [-0.15, -0.1) is 0 Å². The number of amides is 1. The Labute approximate surface area is 217 Å². The lowest BCUT2D eigenvalue weighted by Gasteiger charge is -2.44. The Kier molecular flexibility index (Phi) is 6.40. The van der Waals surface area contributed by atoms with Crippen molar-refractivity contribution in [3.63, 3.8) is 0 Å². The first-order chi connectivity index (χ1) is 18.2. The lowest BCUT2D eigenvalue weighted by Crippen LogP contribution is -2.50. The van der Waals surface area contributed by atoms with E-state index in [0.29, 0.717) is 12.4 Å². The van der Waals surface area contributed by atoms with Crippen molar-refractivity contribution in [1.82, 2.24) is 19.8 Å². The molecule has 190 valence electrons. The Balaban J connectivity index is 1.24. The highest BCUT2D eigenvalue weighted by Crippen LogP contribution is 2.52. The van der Waals surface area contributed by atoms with Crippen LogP contribution in [0.5, 0.6) is 0 Å². The fourth-order valence-electron chi connectivity index (χ4n) is 6.25.